The predicted octanol–water partition coefficient (Wildman–Crippen LogP) is 18.1. The monoisotopic (exact) mass is 885 g/mol. The van der Waals surface area contributed by atoms with Gasteiger partial charge in [0.1, 0.15) is 13.2 Å². The third-order valence-electron chi connectivity index (χ3n) is 12.1. The SMILES string of the molecule is CCCCC/C=C\C/C=C\C/C=C\CCCCC(=O)OC[C@H](COC(=O)CCCCCCCCCCCCCCCCCCC)OC(=O)CCCCCCCCCCCCCCC. The molecule has 1 atom stereocenters. The number of carbonyl (C=O) groups is 3. The largest absolute Gasteiger partial charge is 0.462 e. The molecule has 6 nitrogen and oxygen atoms in total. The van der Waals surface area contributed by atoms with Crippen molar-refractivity contribution in [2.45, 2.75) is 297 Å². The number of carbonyl (C=O) groups excluding carboxylic acids is 3. The zero-order valence-corrected chi connectivity index (χ0v) is 42.1. The second-order valence-electron chi connectivity index (χ2n) is 18.5. The lowest BCUT2D eigenvalue weighted by Gasteiger charge is -2.18. The number of hydrogen-bond acceptors (Lipinski definition) is 6. The summed E-state index contributed by atoms with van der Waals surface area (Å²) in [6.45, 7) is 6.61. The van der Waals surface area contributed by atoms with Crippen LogP contribution in [0.4, 0.5) is 0 Å². The average molecular weight is 885 g/mol. The van der Waals surface area contributed by atoms with E-state index >= 15 is 0 Å². The van der Waals surface area contributed by atoms with E-state index < -0.39 is 6.10 Å². The maximum Gasteiger partial charge on any atom is 0.306 e. The number of hydrogen-bond donors (Lipinski definition) is 0. The highest BCUT2D eigenvalue weighted by Gasteiger charge is 2.19. The van der Waals surface area contributed by atoms with Crippen molar-refractivity contribution in [3.8, 4) is 0 Å². The van der Waals surface area contributed by atoms with E-state index in [0.29, 0.717) is 19.3 Å². The molecule has 0 spiro atoms. The summed E-state index contributed by atoms with van der Waals surface area (Å²) in [4.78, 5) is 38.0. The molecule has 0 rings (SSSR count). The molecule has 0 N–H and O–H groups in total. The predicted molar refractivity (Wildman–Crippen MR) is 270 cm³/mol. The van der Waals surface area contributed by atoms with Gasteiger partial charge >= 0.3 is 17.9 Å². The van der Waals surface area contributed by atoms with Gasteiger partial charge in [-0.15, -0.1) is 0 Å². The topological polar surface area (TPSA) is 78.9 Å². The number of allylic oxidation sites excluding steroid dienone is 6. The molecule has 0 heterocycles. The lowest BCUT2D eigenvalue weighted by Crippen LogP contribution is -2.30. The van der Waals surface area contributed by atoms with Crippen LogP contribution in [-0.2, 0) is 28.6 Å². The van der Waals surface area contributed by atoms with Gasteiger partial charge in [0.2, 0.25) is 0 Å². The van der Waals surface area contributed by atoms with Crippen molar-refractivity contribution < 1.29 is 28.6 Å². The van der Waals surface area contributed by atoms with Gasteiger partial charge in [-0.2, -0.15) is 0 Å². The Bertz CT molecular complexity index is 1060. The van der Waals surface area contributed by atoms with Crippen LogP contribution < -0.4 is 0 Å². The van der Waals surface area contributed by atoms with E-state index in [-0.39, 0.29) is 31.1 Å². The van der Waals surface area contributed by atoms with Crippen LogP contribution in [0.1, 0.15) is 290 Å². The number of rotatable bonds is 50. The molecule has 0 aromatic carbocycles. The van der Waals surface area contributed by atoms with Gasteiger partial charge in [-0.05, 0) is 57.8 Å². The fourth-order valence-corrected chi connectivity index (χ4v) is 7.98. The first kappa shape index (κ1) is 60.6. The fraction of sp³-hybridized carbons (Fsp3) is 0.842. The van der Waals surface area contributed by atoms with Crippen molar-refractivity contribution in [2.75, 3.05) is 13.2 Å². The molecule has 0 unspecified atom stereocenters. The summed E-state index contributed by atoms with van der Waals surface area (Å²) in [5.41, 5.74) is 0. The molecule has 6 heteroatoms. The van der Waals surface area contributed by atoms with E-state index in [0.717, 1.165) is 70.6 Å². The number of esters is 3. The molecule has 0 aliphatic heterocycles. The minimum atomic E-state index is -0.782. The highest BCUT2D eigenvalue weighted by atomic mass is 16.6. The van der Waals surface area contributed by atoms with Crippen molar-refractivity contribution in [2.24, 2.45) is 0 Å². The standard InChI is InChI=1S/C57H104O6/c1-4-7-10-13-16-19-22-25-27-28-30-33-35-38-41-44-47-50-56(59)62-53-54(63-57(60)51-48-45-42-39-36-31-24-21-18-15-12-9-6-3)52-61-55(58)49-46-43-40-37-34-32-29-26-23-20-17-14-11-8-5-2/h17,20,26,29,34,37,54H,4-16,18-19,21-25,27-28,30-33,35-36,38-53H2,1-3H3/b20-17-,29-26-,37-34-/t54-/m1/s1. The Kier molecular flexibility index (Phi) is 50.3. The first-order chi connectivity index (χ1) is 31.0. The number of unbranched alkanes of at least 4 members (excludes halogenated alkanes) is 33. The van der Waals surface area contributed by atoms with Gasteiger partial charge in [0.15, 0.2) is 6.10 Å². The van der Waals surface area contributed by atoms with Crippen LogP contribution in [-0.4, -0.2) is 37.2 Å². The summed E-state index contributed by atoms with van der Waals surface area (Å²) in [7, 11) is 0. The molecule has 0 aliphatic carbocycles. The third kappa shape index (κ3) is 50.5. The van der Waals surface area contributed by atoms with Crippen LogP contribution in [0.25, 0.3) is 0 Å². The van der Waals surface area contributed by atoms with Gasteiger partial charge in [-0.3, -0.25) is 14.4 Å². The van der Waals surface area contributed by atoms with E-state index in [2.05, 4.69) is 57.2 Å². The molecular weight excluding hydrogens is 781 g/mol. The zero-order chi connectivity index (χ0) is 45.8. The Balaban J connectivity index is 4.37. The Morgan fingerprint density at radius 3 is 0.921 bits per heavy atom. The summed E-state index contributed by atoms with van der Waals surface area (Å²) in [6.07, 6.45) is 61.3. The lowest BCUT2D eigenvalue weighted by atomic mass is 10.0. The molecule has 0 amide bonds. The van der Waals surface area contributed by atoms with Gasteiger partial charge in [0, 0.05) is 19.3 Å². The van der Waals surface area contributed by atoms with E-state index in [1.807, 2.05) is 0 Å². The molecule has 0 aliphatic rings. The van der Waals surface area contributed by atoms with Crippen molar-refractivity contribution >= 4 is 17.9 Å². The number of ether oxygens (including phenoxy) is 3. The highest BCUT2D eigenvalue weighted by molar-refractivity contribution is 5.71. The van der Waals surface area contributed by atoms with Gasteiger partial charge in [0.25, 0.3) is 0 Å². The Morgan fingerprint density at radius 2 is 0.571 bits per heavy atom. The summed E-state index contributed by atoms with van der Waals surface area (Å²) >= 11 is 0. The van der Waals surface area contributed by atoms with E-state index in [4.69, 9.17) is 14.2 Å². The van der Waals surface area contributed by atoms with Crippen LogP contribution in [0.3, 0.4) is 0 Å². The molecule has 0 aromatic heterocycles. The fourth-order valence-electron chi connectivity index (χ4n) is 7.98. The normalized spacial score (nSPS) is 12.2. The minimum Gasteiger partial charge on any atom is -0.462 e. The first-order valence-electron chi connectivity index (χ1n) is 27.5. The molecule has 0 saturated heterocycles. The van der Waals surface area contributed by atoms with Crippen LogP contribution in [0, 0.1) is 0 Å². The Labute approximate surface area is 391 Å². The molecule has 368 valence electrons. The van der Waals surface area contributed by atoms with Crippen molar-refractivity contribution in [1.82, 2.24) is 0 Å². The maximum atomic E-state index is 12.8. The molecular formula is C57H104O6. The van der Waals surface area contributed by atoms with E-state index in [1.165, 1.54) is 180 Å². The van der Waals surface area contributed by atoms with E-state index in [1.54, 1.807) is 0 Å². The second kappa shape index (κ2) is 52.3. The summed E-state index contributed by atoms with van der Waals surface area (Å²) in [5.74, 6) is -0.904. The van der Waals surface area contributed by atoms with Gasteiger partial charge in [-0.25, -0.2) is 0 Å². The van der Waals surface area contributed by atoms with Gasteiger partial charge < -0.3 is 14.2 Å². The van der Waals surface area contributed by atoms with Crippen molar-refractivity contribution in [1.29, 1.82) is 0 Å². The Hall–Kier alpha value is -2.37. The quantitative estimate of drug-likeness (QED) is 0.0262. The van der Waals surface area contributed by atoms with Crippen molar-refractivity contribution in [3.05, 3.63) is 36.5 Å². The molecule has 63 heavy (non-hydrogen) atoms. The minimum absolute atomic E-state index is 0.0795. The molecule has 0 saturated carbocycles. The van der Waals surface area contributed by atoms with Crippen LogP contribution in [0.2, 0.25) is 0 Å². The Morgan fingerprint density at radius 1 is 0.317 bits per heavy atom. The maximum absolute atomic E-state index is 12.8. The first-order valence-corrected chi connectivity index (χ1v) is 27.5. The summed E-state index contributed by atoms with van der Waals surface area (Å²) < 4.78 is 16.8. The molecule has 0 bridgehead atoms. The van der Waals surface area contributed by atoms with Crippen LogP contribution in [0.15, 0.2) is 36.5 Å². The molecule has 0 aromatic rings. The smallest absolute Gasteiger partial charge is 0.306 e. The molecule has 0 fully saturated rings. The second-order valence-corrected chi connectivity index (χ2v) is 18.5. The zero-order valence-electron chi connectivity index (χ0n) is 42.1. The highest BCUT2D eigenvalue weighted by Crippen LogP contribution is 2.16. The van der Waals surface area contributed by atoms with Gasteiger partial charge in [-0.1, -0.05) is 250 Å². The van der Waals surface area contributed by atoms with E-state index in [9.17, 15) is 14.4 Å². The van der Waals surface area contributed by atoms with Gasteiger partial charge in [0.05, 0.1) is 0 Å². The van der Waals surface area contributed by atoms with Crippen LogP contribution in [0.5, 0.6) is 0 Å². The summed E-state index contributed by atoms with van der Waals surface area (Å²) in [5, 5.41) is 0. The lowest BCUT2D eigenvalue weighted by molar-refractivity contribution is -0.167. The summed E-state index contributed by atoms with van der Waals surface area (Å²) in [6, 6.07) is 0. The van der Waals surface area contributed by atoms with Crippen molar-refractivity contribution in [3.63, 3.8) is 0 Å². The molecule has 0 radical (unpaired) electrons. The average Bonchev–Trinajstić information content (AvgIpc) is 3.28. The third-order valence-corrected chi connectivity index (χ3v) is 12.1. The van der Waals surface area contributed by atoms with Crippen LogP contribution >= 0.6 is 0 Å².